The maximum atomic E-state index is 12.3. The number of hydrogen-bond donors (Lipinski definition) is 1. The summed E-state index contributed by atoms with van der Waals surface area (Å²) in [7, 11) is 1.62. The predicted octanol–water partition coefficient (Wildman–Crippen LogP) is 2.48. The van der Waals surface area contributed by atoms with Gasteiger partial charge in [0.15, 0.2) is 0 Å². The molecule has 0 aliphatic carbocycles. The van der Waals surface area contributed by atoms with E-state index in [2.05, 4.69) is 23.3 Å². The van der Waals surface area contributed by atoms with E-state index < -0.39 is 0 Å². The van der Waals surface area contributed by atoms with Gasteiger partial charge in [-0.25, -0.2) is 0 Å². The number of pyridine rings is 1. The van der Waals surface area contributed by atoms with Crippen LogP contribution in [0.3, 0.4) is 0 Å². The summed E-state index contributed by atoms with van der Waals surface area (Å²) >= 11 is 0. The molecular weight excluding hydrogens is 252 g/mol. The van der Waals surface area contributed by atoms with E-state index in [4.69, 9.17) is 4.74 Å². The Hall–Kier alpha value is -1.94. The highest BCUT2D eigenvalue weighted by Crippen LogP contribution is 2.22. The molecule has 0 fully saturated rings. The molecule has 0 saturated carbocycles. The number of hydrogen-bond acceptors (Lipinski definition) is 3. The Bertz CT molecular complexity index is 623. The number of aryl methyl sites for hydroxylation is 2. The molecule has 0 aliphatic rings. The molecule has 1 aromatic heterocycles. The van der Waals surface area contributed by atoms with Crippen molar-refractivity contribution in [2.45, 2.75) is 20.3 Å². The van der Waals surface area contributed by atoms with E-state index in [1.54, 1.807) is 13.3 Å². The Labute approximate surface area is 119 Å². The summed E-state index contributed by atoms with van der Waals surface area (Å²) < 4.78 is 4.95. The predicted molar refractivity (Wildman–Crippen MR) is 80.1 cm³/mol. The fourth-order valence-electron chi connectivity index (χ4n) is 2.19. The zero-order valence-corrected chi connectivity index (χ0v) is 12.2. The standard InChI is InChI=1S/C16H20N2O2/c1-4-12-9-13-11(2)5-6-17-15(13)14(10-12)16(19)18-7-8-20-3/h5-6,9-10H,4,7-8H2,1-3H3,(H,18,19). The van der Waals surface area contributed by atoms with Crippen LogP contribution in [-0.2, 0) is 11.2 Å². The second-order valence-electron chi connectivity index (χ2n) is 4.77. The van der Waals surface area contributed by atoms with Crippen LogP contribution in [0.1, 0.15) is 28.4 Å². The third kappa shape index (κ3) is 2.96. The highest BCUT2D eigenvalue weighted by Gasteiger charge is 2.13. The molecule has 4 heteroatoms. The lowest BCUT2D eigenvalue weighted by molar-refractivity contribution is 0.0938. The number of amides is 1. The molecule has 0 saturated heterocycles. The van der Waals surface area contributed by atoms with Crippen molar-refractivity contribution in [2.24, 2.45) is 0 Å². The van der Waals surface area contributed by atoms with Crippen molar-refractivity contribution in [2.75, 3.05) is 20.3 Å². The quantitative estimate of drug-likeness (QED) is 0.851. The van der Waals surface area contributed by atoms with E-state index in [0.29, 0.717) is 18.7 Å². The first-order chi connectivity index (χ1) is 9.67. The summed E-state index contributed by atoms with van der Waals surface area (Å²) in [5, 5.41) is 3.90. The van der Waals surface area contributed by atoms with Gasteiger partial charge in [0.25, 0.3) is 5.91 Å². The minimum atomic E-state index is -0.0968. The number of fused-ring (bicyclic) bond motifs is 1. The molecule has 106 valence electrons. The van der Waals surface area contributed by atoms with E-state index in [-0.39, 0.29) is 5.91 Å². The van der Waals surface area contributed by atoms with E-state index in [1.165, 1.54) is 0 Å². The number of carbonyl (C=O) groups excluding carboxylic acids is 1. The van der Waals surface area contributed by atoms with Gasteiger partial charge in [-0.1, -0.05) is 6.92 Å². The average molecular weight is 272 g/mol. The van der Waals surface area contributed by atoms with Crippen LogP contribution in [0.4, 0.5) is 0 Å². The molecule has 1 N–H and O–H groups in total. The molecule has 0 atom stereocenters. The maximum Gasteiger partial charge on any atom is 0.253 e. The molecule has 4 nitrogen and oxygen atoms in total. The Morgan fingerprint density at radius 1 is 1.40 bits per heavy atom. The maximum absolute atomic E-state index is 12.3. The number of methoxy groups -OCH3 is 1. The SMILES string of the molecule is CCc1cc(C(=O)NCCOC)c2nccc(C)c2c1. The summed E-state index contributed by atoms with van der Waals surface area (Å²) in [5.74, 6) is -0.0968. The molecule has 0 radical (unpaired) electrons. The monoisotopic (exact) mass is 272 g/mol. The van der Waals surface area contributed by atoms with E-state index in [9.17, 15) is 4.79 Å². The fourth-order valence-corrected chi connectivity index (χ4v) is 2.19. The van der Waals surface area contributed by atoms with Crippen LogP contribution >= 0.6 is 0 Å². The largest absolute Gasteiger partial charge is 0.383 e. The van der Waals surface area contributed by atoms with E-state index in [1.807, 2.05) is 19.1 Å². The molecule has 0 bridgehead atoms. The van der Waals surface area contributed by atoms with Crippen molar-refractivity contribution < 1.29 is 9.53 Å². The van der Waals surface area contributed by atoms with Crippen LogP contribution in [-0.4, -0.2) is 31.2 Å². The number of benzene rings is 1. The highest BCUT2D eigenvalue weighted by atomic mass is 16.5. The number of aromatic nitrogens is 1. The summed E-state index contributed by atoms with van der Waals surface area (Å²) in [5.41, 5.74) is 3.68. The Morgan fingerprint density at radius 3 is 2.90 bits per heavy atom. The molecule has 20 heavy (non-hydrogen) atoms. The lowest BCUT2D eigenvalue weighted by atomic mass is 10.0. The molecule has 1 heterocycles. The molecule has 0 aliphatic heterocycles. The minimum Gasteiger partial charge on any atom is -0.383 e. The zero-order chi connectivity index (χ0) is 14.5. The number of nitrogens with one attached hydrogen (secondary N) is 1. The summed E-state index contributed by atoms with van der Waals surface area (Å²) in [6, 6.07) is 6.01. The summed E-state index contributed by atoms with van der Waals surface area (Å²) in [4.78, 5) is 16.7. The Kier molecular flexibility index (Phi) is 4.69. The third-order valence-electron chi connectivity index (χ3n) is 3.37. The number of carbonyl (C=O) groups is 1. The zero-order valence-electron chi connectivity index (χ0n) is 12.2. The van der Waals surface area contributed by atoms with Gasteiger partial charge in [0, 0.05) is 25.2 Å². The van der Waals surface area contributed by atoms with Gasteiger partial charge in [-0.3, -0.25) is 9.78 Å². The van der Waals surface area contributed by atoms with Gasteiger partial charge in [-0.15, -0.1) is 0 Å². The van der Waals surface area contributed by atoms with Gasteiger partial charge in [0.2, 0.25) is 0 Å². The molecule has 2 rings (SSSR count). The summed E-state index contributed by atoms with van der Waals surface area (Å²) in [6.45, 7) is 5.12. The van der Waals surface area contributed by atoms with Crippen LogP contribution in [0.15, 0.2) is 24.4 Å². The van der Waals surface area contributed by atoms with Crippen molar-refractivity contribution in [1.82, 2.24) is 10.3 Å². The van der Waals surface area contributed by atoms with Crippen LogP contribution in [0, 0.1) is 6.92 Å². The van der Waals surface area contributed by atoms with Gasteiger partial charge in [0.05, 0.1) is 17.7 Å². The molecular formula is C16H20N2O2. The molecule has 1 amide bonds. The third-order valence-corrected chi connectivity index (χ3v) is 3.37. The average Bonchev–Trinajstić information content (AvgIpc) is 2.47. The smallest absolute Gasteiger partial charge is 0.253 e. The van der Waals surface area contributed by atoms with Crippen LogP contribution in [0.5, 0.6) is 0 Å². The first-order valence-corrected chi connectivity index (χ1v) is 6.82. The lowest BCUT2D eigenvalue weighted by Gasteiger charge is -2.11. The van der Waals surface area contributed by atoms with Gasteiger partial charge >= 0.3 is 0 Å². The van der Waals surface area contributed by atoms with Gasteiger partial charge < -0.3 is 10.1 Å². The van der Waals surface area contributed by atoms with E-state index >= 15 is 0 Å². The van der Waals surface area contributed by atoms with Gasteiger partial charge in [0.1, 0.15) is 0 Å². The Balaban J connectivity index is 2.45. The fraction of sp³-hybridized carbons (Fsp3) is 0.375. The van der Waals surface area contributed by atoms with Crippen molar-refractivity contribution >= 4 is 16.8 Å². The van der Waals surface area contributed by atoms with Crippen molar-refractivity contribution in [1.29, 1.82) is 0 Å². The van der Waals surface area contributed by atoms with Gasteiger partial charge in [-0.2, -0.15) is 0 Å². The number of rotatable bonds is 5. The van der Waals surface area contributed by atoms with Crippen molar-refractivity contribution in [3.8, 4) is 0 Å². The van der Waals surface area contributed by atoms with Crippen LogP contribution in [0.2, 0.25) is 0 Å². The highest BCUT2D eigenvalue weighted by molar-refractivity contribution is 6.06. The lowest BCUT2D eigenvalue weighted by Crippen LogP contribution is -2.27. The van der Waals surface area contributed by atoms with Crippen molar-refractivity contribution in [3.63, 3.8) is 0 Å². The molecule has 0 spiro atoms. The van der Waals surface area contributed by atoms with Crippen molar-refractivity contribution in [3.05, 3.63) is 41.1 Å². The van der Waals surface area contributed by atoms with Crippen LogP contribution in [0.25, 0.3) is 10.9 Å². The number of ether oxygens (including phenoxy) is 1. The summed E-state index contributed by atoms with van der Waals surface area (Å²) in [6.07, 6.45) is 2.64. The molecule has 1 aromatic carbocycles. The first-order valence-electron chi connectivity index (χ1n) is 6.82. The van der Waals surface area contributed by atoms with Gasteiger partial charge in [-0.05, 0) is 42.7 Å². The molecule has 2 aromatic rings. The Morgan fingerprint density at radius 2 is 2.20 bits per heavy atom. The number of nitrogens with zero attached hydrogens (tertiary/aromatic N) is 1. The topological polar surface area (TPSA) is 51.2 Å². The molecule has 0 unspecified atom stereocenters. The first kappa shape index (κ1) is 14.5. The van der Waals surface area contributed by atoms with E-state index in [0.717, 1.165) is 28.5 Å². The second-order valence-corrected chi connectivity index (χ2v) is 4.77. The normalized spacial score (nSPS) is 10.8. The second kappa shape index (κ2) is 6.48. The van der Waals surface area contributed by atoms with Crippen LogP contribution < -0.4 is 5.32 Å². The minimum absolute atomic E-state index is 0.0968.